The van der Waals surface area contributed by atoms with Crippen LogP contribution in [0, 0.1) is 23.2 Å². The zero-order chi connectivity index (χ0) is 16.2. The number of allylic oxidation sites excluding steroid dienone is 2. The Morgan fingerprint density at radius 1 is 0.750 bits per heavy atom. The predicted molar refractivity (Wildman–Crippen MR) is 96.7 cm³/mol. The lowest BCUT2D eigenvalue weighted by Gasteiger charge is -2.39. The van der Waals surface area contributed by atoms with Gasteiger partial charge in [0.2, 0.25) is 0 Å². The highest BCUT2D eigenvalue weighted by Crippen LogP contribution is 2.42. The van der Waals surface area contributed by atoms with Gasteiger partial charge in [0.05, 0.1) is 0 Å². The summed E-state index contributed by atoms with van der Waals surface area (Å²) in [4.78, 5) is 0. The third kappa shape index (κ3) is 5.66. The maximum Gasteiger partial charge on any atom is 0.177 e. The van der Waals surface area contributed by atoms with Gasteiger partial charge in [0.25, 0.3) is 0 Å². The zero-order valence-electron chi connectivity index (χ0n) is 16.0. The van der Waals surface area contributed by atoms with Crippen LogP contribution >= 0.6 is 0 Å². The molecule has 118 valence electrons. The second-order valence-corrected chi connectivity index (χ2v) is 8.85. The van der Waals surface area contributed by atoms with Crippen molar-refractivity contribution >= 4 is 6.71 Å². The summed E-state index contributed by atoms with van der Waals surface area (Å²) in [6.45, 7) is 26.9. The third-order valence-electron chi connectivity index (χ3n) is 4.97. The van der Waals surface area contributed by atoms with E-state index in [-0.39, 0.29) is 5.41 Å². The van der Waals surface area contributed by atoms with Crippen LogP contribution in [0.3, 0.4) is 0 Å². The lowest BCUT2D eigenvalue weighted by molar-refractivity contribution is 0.499. The average molecular weight is 278 g/mol. The number of hydrogen-bond acceptors (Lipinski definition) is 0. The zero-order valence-corrected chi connectivity index (χ0v) is 16.0. The second-order valence-electron chi connectivity index (χ2n) is 8.85. The Kier molecular flexibility index (Phi) is 7.64. The fourth-order valence-corrected chi connectivity index (χ4v) is 3.09. The Balaban J connectivity index is 5.78. The van der Waals surface area contributed by atoms with E-state index in [4.69, 9.17) is 0 Å². The molecule has 0 aliphatic heterocycles. The van der Waals surface area contributed by atoms with Gasteiger partial charge in [-0.05, 0) is 11.3 Å². The van der Waals surface area contributed by atoms with Crippen LogP contribution in [-0.4, -0.2) is 6.71 Å². The van der Waals surface area contributed by atoms with Gasteiger partial charge in [0, 0.05) is 0 Å². The van der Waals surface area contributed by atoms with Gasteiger partial charge in [-0.2, -0.15) is 0 Å². The van der Waals surface area contributed by atoms with Crippen LogP contribution in [0.2, 0.25) is 11.6 Å². The highest BCUT2D eigenvalue weighted by Gasteiger charge is 2.38. The summed E-state index contributed by atoms with van der Waals surface area (Å²) in [7, 11) is 0. The summed E-state index contributed by atoms with van der Waals surface area (Å²) < 4.78 is 0. The van der Waals surface area contributed by atoms with Crippen molar-refractivity contribution < 1.29 is 0 Å². The second kappa shape index (κ2) is 7.71. The lowest BCUT2D eigenvalue weighted by Crippen LogP contribution is -2.37. The van der Waals surface area contributed by atoms with Crippen LogP contribution < -0.4 is 0 Å². The van der Waals surface area contributed by atoms with Crippen molar-refractivity contribution in [1.82, 2.24) is 0 Å². The minimum atomic E-state index is 0.265. The predicted octanol–water partition coefficient (Wildman–Crippen LogP) is 6.74. The van der Waals surface area contributed by atoms with Gasteiger partial charge in [0.15, 0.2) is 6.71 Å². The quantitative estimate of drug-likeness (QED) is 0.472. The maximum atomic E-state index is 2.54. The SMILES string of the molecule is CC(C)/C=C(/B(C(C)C(C)C)C(C)C(C)C)C(C)(C)C. The topological polar surface area (TPSA) is 0 Å². The standard InChI is InChI=1S/C19H39B/c1-13(2)12-18(19(9,10)11)20(16(7)14(3)4)17(8)15(5)6/h12-17H,1-11H3/b18-12+. The monoisotopic (exact) mass is 278 g/mol. The molecule has 0 rings (SSSR count). The van der Waals surface area contributed by atoms with Crippen molar-refractivity contribution in [3.8, 4) is 0 Å². The number of rotatable bonds is 6. The molecule has 0 nitrogen and oxygen atoms in total. The lowest BCUT2D eigenvalue weighted by atomic mass is 9.25. The molecule has 2 unspecified atom stereocenters. The Hall–Kier alpha value is -0.195. The van der Waals surface area contributed by atoms with Crippen LogP contribution in [0.1, 0.15) is 76.2 Å². The van der Waals surface area contributed by atoms with Crippen LogP contribution in [0.4, 0.5) is 0 Å². The highest BCUT2D eigenvalue weighted by molar-refractivity contribution is 6.70. The van der Waals surface area contributed by atoms with Gasteiger partial charge in [-0.1, -0.05) is 111 Å². The molecule has 1 heteroatoms. The fourth-order valence-electron chi connectivity index (χ4n) is 3.09. The van der Waals surface area contributed by atoms with Crippen molar-refractivity contribution in [1.29, 1.82) is 0 Å². The van der Waals surface area contributed by atoms with E-state index in [1.54, 1.807) is 5.47 Å². The number of hydrogen-bond donors (Lipinski definition) is 0. The molecule has 0 N–H and O–H groups in total. The molecule has 2 atom stereocenters. The van der Waals surface area contributed by atoms with Crippen LogP contribution in [0.5, 0.6) is 0 Å². The van der Waals surface area contributed by atoms with E-state index >= 15 is 0 Å². The molecule has 0 aromatic heterocycles. The van der Waals surface area contributed by atoms with E-state index in [1.807, 2.05) is 0 Å². The van der Waals surface area contributed by atoms with Gasteiger partial charge in [-0.3, -0.25) is 0 Å². The van der Waals surface area contributed by atoms with Gasteiger partial charge < -0.3 is 0 Å². The summed E-state index contributed by atoms with van der Waals surface area (Å²) in [5.41, 5.74) is 1.94. The van der Waals surface area contributed by atoms with Gasteiger partial charge in [0.1, 0.15) is 0 Å². The molecule has 20 heavy (non-hydrogen) atoms. The summed E-state index contributed by atoms with van der Waals surface area (Å²) >= 11 is 0. The normalized spacial score (nSPS) is 17.0. The molecule has 0 aromatic carbocycles. The first kappa shape index (κ1) is 19.8. The highest BCUT2D eigenvalue weighted by atomic mass is 14.2. The van der Waals surface area contributed by atoms with E-state index in [2.05, 4.69) is 82.2 Å². The van der Waals surface area contributed by atoms with Crippen molar-refractivity contribution in [2.45, 2.75) is 87.8 Å². The molecule has 0 bridgehead atoms. The third-order valence-corrected chi connectivity index (χ3v) is 4.97. The molecular formula is C19H39B. The molecule has 0 amide bonds. The smallest absolute Gasteiger partial charge is 0.0990 e. The molecular weight excluding hydrogens is 239 g/mol. The van der Waals surface area contributed by atoms with Crippen molar-refractivity contribution in [2.24, 2.45) is 23.2 Å². The largest absolute Gasteiger partial charge is 0.177 e. The molecule has 0 heterocycles. The Labute approximate surface area is 129 Å². The molecule has 0 aliphatic carbocycles. The fraction of sp³-hybridized carbons (Fsp3) is 0.895. The maximum absolute atomic E-state index is 2.54. The molecule has 0 radical (unpaired) electrons. The molecule has 0 aromatic rings. The first-order valence-electron chi connectivity index (χ1n) is 8.61. The van der Waals surface area contributed by atoms with E-state index < -0.39 is 0 Å². The summed E-state index contributed by atoms with van der Waals surface area (Å²) in [5, 5.41) is 0. The van der Waals surface area contributed by atoms with E-state index in [0.29, 0.717) is 12.6 Å². The minimum absolute atomic E-state index is 0.265. The first-order chi connectivity index (χ1) is 8.89. The average Bonchev–Trinajstić information content (AvgIpc) is 2.25. The molecule has 0 aliphatic rings. The van der Waals surface area contributed by atoms with Crippen molar-refractivity contribution in [2.75, 3.05) is 0 Å². The van der Waals surface area contributed by atoms with Gasteiger partial charge >= 0.3 is 0 Å². The minimum Gasteiger partial charge on any atom is -0.0990 e. The Morgan fingerprint density at radius 3 is 1.30 bits per heavy atom. The van der Waals surface area contributed by atoms with E-state index in [1.165, 1.54) is 0 Å². The summed E-state index contributed by atoms with van der Waals surface area (Å²) in [6, 6.07) is 0. The van der Waals surface area contributed by atoms with Gasteiger partial charge in [-0.25, -0.2) is 0 Å². The van der Waals surface area contributed by atoms with Crippen LogP contribution in [-0.2, 0) is 0 Å². The van der Waals surface area contributed by atoms with E-state index in [0.717, 1.165) is 23.5 Å². The Morgan fingerprint density at radius 2 is 1.10 bits per heavy atom. The molecule has 0 saturated heterocycles. The summed E-state index contributed by atoms with van der Waals surface area (Å²) in [5.74, 6) is 3.57. The van der Waals surface area contributed by atoms with Crippen LogP contribution in [0.15, 0.2) is 11.5 Å². The first-order valence-corrected chi connectivity index (χ1v) is 8.61. The van der Waals surface area contributed by atoms with Gasteiger partial charge in [-0.15, -0.1) is 0 Å². The molecule has 0 fully saturated rings. The molecule has 0 spiro atoms. The van der Waals surface area contributed by atoms with Crippen molar-refractivity contribution in [3.05, 3.63) is 11.5 Å². The van der Waals surface area contributed by atoms with Crippen LogP contribution in [0.25, 0.3) is 0 Å². The van der Waals surface area contributed by atoms with E-state index in [9.17, 15) is 0 Å². The molecule has 0 saturated carbocycles. The van der Waals surface area contributed by atoms with Crippen molar-refractivity contribution in [3.63, 3.8) is 0 Å². The Bertz CT molecular complexity index is 290. The summed E-state index contributed by atoms with van der Waals surface area (Å²) in [6.07, 6.45) is 2.54.